The predicted octanol–water partition coefficient (Wildman–Crippen LogP) is 5.22. The standard InChI is InChI=1S/C18H29O2/c1-8-17(4,5)14-10-11-16(20-13(3)19)15(12-14)18(6,7)9-2/h10-13H,8-9H2,1-7H3. The molecule has 1 unspecified atom stereocenters. The van der Waals surface area contributed by atoms with Crippen LogP contribution < -0.4 is 4.74 Å². The summed E-state index contributed by atoms with van der Waals surface area (Å²) >= 11 is 0. The molecule has 0 fully saturated rings. The zero-order valence-electron chi connectivity index (χ0n) is 14.0. The van der Waals surface area contributed by atoms with E-state index in [1.807, 2.05) is 6.07 Å². The molecule has 0 aliphatic carbocycles. The Morgan fingerprint density at radius 2 is 1.60 bits per heavy atom. The minimum atomic E-state index is -1.04. The Bertz CT molecular complexity index is 445. The summed E-state index contributed by atoms with van der Waals surface area (Å²) in [5.41, 5.74) is 2.59. The molecule has 1 atom stereocenters. The zero-order valence-corrected chi connectivity index (χ0v) is 14.0. The monoisotopic (exact) mass is 277 g/mol. The van der Waals surface area contributed by atoms with E-state index in [-0.39, 0.29) is 10.8 Å². The van der Waals surface area contributed by atoms with E-state index in [1.165, 1.54) is 12.5 Å². The molecular formula is C18H29O2. The van der Waals surface area contributed by atoms with Crippen LogP contribution in [-0.2, 0) is 15.9 Å². The van der Waals surface area contributed by atoms with E-state index >= 15 is 0 Å². The lowest BCUT2D eigenvalue weighted by Crippen LogP contribution is -2.22. The van der Waals surface area contributed by atoms with Gasteiger partial charge in [-0.25, -0.2) is 0 Å². The van der Waals surface area contributed by atoms with E-state index < -0.39 is 6.29 Å². The number of ether oxygens (including phenoxy) is 1. The molecule has 0 aromatic heterocycles. The predicted molar refractivity (Wildman–Crippen MR) is 83.9 cm³/mol. The maximum Gasteiger partial charge on any atom is 0.228 e. The van der Waals surface area contributed by atoms with E-state index in [9.17, 15) is 5.11 Å². The second-order valence-electron chi connectivity index (χ2n) is 6.87. The first kappa shape index (κ1) is 17.0. The van der Waals surface area contributed by atoms with Crippen LogP contribution in [-0.4, -0.2) is 6.29 Å². The smallest absolute Gasteiger partial charge is 0.228 e. The molecular weight excluding hydrogens is 248 g/mol. The molecule has 113 valence electrons. The van der Waals surface area contributed by atoms with E-state index in [4.69, 9.17) is 4.74 Å². The van der Waals surface area contributed by atoms with E-state index in [2.05, 4.69) is 53.7 Å². The Morgan fingerprint density at radius 3 is 2.05 bits per heavy atom. The lowest BCUT2D eigenvalue weighted by atomic mass is 9.76. The number of benzene rings is 1. The largest absolute Gasteiger partial charge is 0.462 e. The maximum absolute atomic E-state index is 11.4. The van der Waals surface area contributed by atoms with Crippen molar-refractivity contribution in [1.82, 2.24) is 0 Å². The van der Waals surface area contributed by atoms with Crippen LogP contribution in [0.5, 0.6) is 5.75 Å². The van der Waals surface area contributed by atoms with Crippen LogP contribution in [0, 0.1) is 0 Å². The molecule has 0 saturated carbocycles. The maximum atomic E-state index is 11.4. The third-order valence-electron chi connectivity index (χ3n) is 4.55. The normalized spacial score (nSPS) is 14.2. The van der Waals surface area contributed by atoms with Crippen LogP contribution in [0.4, 0.5) is 0 Å². The zero-order chi connectivity index (χ0) is 15.6. The molecule has 2 nitrogen and oxygen atoms in total. The quantitative estimate of drug-likeness (QED) is 0.656. The summed E-state index contributed by atoms with van der Waals surface area (Å²) < 4.78 is 5.48. The molecule has 0 bridgehead atoms. The van der Waals surface area contributed by atoms with Gasteiger partial charge in [0.25, 0.3) is 0 Å². The van der Waals surface area contributed by atoms with Gasteiger partial charge >= 0.3 is 0 Å². The van der Waals surface area contributed by atoms with Crippen molar-refractivity contribution in [2.45, 2.75) is 78.4 Å². The summed E-state index contributed by atoms with van der Waals surface area (Å²) in [6, 6.07) is 6.29. The fourth-order valence-corrected chi connectivity index (χ4v) is 2.16. The highest BCUT2D eigenvalue weighted by molar-refractivity contribution is 5.44. The lowest BCUT2D eigenvalue weighted by molar-refractivity contribution is -0.0562. The van der Waals surface area contributed by atoms with E-state index in [0.29, 0.717) is 0 Å². The Kier molecular flexibility index (Phi) is 5.26. The fourth-order valence-electron chi connectivity index (χ4n) is 2.16. The van der Waals surface area contributed by atoms with Crippen molar-refractivity contribution in [3.05, 3.63) is 29.3 Å². The SMILES string of the molecule is CCC(C)(C)c1ccc(OC(C)[O])c(C(C)(C)CC)c1. The highest BCUT2D eigenvalue weighted by atomic mass is 16.6. The van der Waals surface area contributed by atoms with Gasteiger partial charge in [-0.1, -0.05) is 53.7 Å². The summed E-state index contributed by atoms with van der Waals surface area (Å²) in [6.07, 6.45) is 1.05. The molecule has 1 rings (SSSR count). The number of rotatable bonds is 6. The van der Waals surface area contributed by atoms with Crippen molar-refractivity contribution in [2.24, 2.45) is 0 Å². The molecule has 1 aromatic carbocycles. The van der Waals surface area contributed by atoms with Crippen LogP contribution >= 0.6 is 0 Å². The molecule has 0 amide bonds. The van der Waals surface area contributed by atoms with Crippen molar-refractivity contribution in [1.29, 1.82) is 0 Å². The Morgan fingerprint density at radius 1 is 1.05 bits per heavy atom. The number of hydrogen-bond donors (Lipinski definition) is 0. The summed E-state index contributed by atoms with van der Waals surface area (Å²) in [5, 5.41) is 11.4. The minimum Gasteiger partial charge on any atom is -0.462 e. The average Bonchev–Trinajstić information content (AvgIpc) is 2.38. The van der Waals surface area contributed by atoms with Crippen molar-refractivity contribution in [3.63, 3.8) is 0 Å². The van der Waals surface area contributed by atoms with E-state index in [1.54, 1.807) is 0 Å². The first-order valence-corrected chi connectivity index (χ1v) is 7.61. The van der Waals surface area contributed by atoms with Crippen molar-refractivity contribution >= 4 is 0 Å². The highest BCUT2D eigenvalue weighted by Crippen LogP contribution is 2.38. The molecule has 0 aliphatic heterocycles. The van der Waals surface area contributed by atoms with Crippen LogP contribution in [0.2, 0.25) is 0 Å². The second kappa shape index (κ2) is 6.17. The summed E-state index contributed by atoms with van der Waals surface area (Å²) in [6.45, 7) is 14.8. The van der Waals surface area contributed by atoms with Gasteiger partial charge in [0.15, 0.2) is 0 Å². The van der Waals surface area contributed by atoms with Crippen molar-refractivity contribution < 1.29 is 9.84 Å². The molecule has 0 saturated heterocycles. The molecule has 1 aromatic rings. The molecule has 2 heteroatoms. The van der Waals surface area contributed by atoms with Gasteiger partial charge in [0, 0.05) is 12.5 Å². The van der Waals surface area contributed by atoms with Crippen LogP contribution in [0.1, 0.15) is 72.4 Å². The first-order valence-electron chi connectivity index (χ1n) is 7.61. The van der Waals surface area contributed by atoms with Crippen molar-refractivity contribution in [3.8, 4) is 5.75 Å². The summed E-state index contributed by atoms with van der Waals surface area (Å²) in [7, 11) is 0. The number of hydrogen-bond acceptors (Lipinski definition) is 1. The second-order valence-corrected chi connectivity index (χ2v) is 6.87. The molecule has 0 heterocycles. The molecule has 20 heavy (non-hydrogen) atoms. The van der Waals surface area contributed by atoms with Crippen LogP contribution in [0.3, 0.4) is 0 Å². The topological polar surface area (TPSA) is 29.1 Å². The Labute approximate surface area is 124 Å². The third kappa shape index (κ3) is 3.76. The molecule has 0 spiro atoms. The van der Waals surface area contributed by atoms with Gasteiger partial charge in [0.1, 0.15) is 5.75 Å². The van der Waals surface area contributed by atoms with Gasteiger partial charge in [-0.05, 0) is 35.3 Å². The van der Waals surface area contributed by atoms with Crippen molar-refractivity contribution in [2.75, 3.05) is 0 Å². The Balaban J connectivity index is 3.36. The van der Waals surface area contributed by atoms with Gasteiger partial charge in [-0.15, -0.1) is 0 Å². The lowest BCUT2D eigenvalue weighted by Gasteiger charge is -2.30. The van der Waals surface area contributed by atoms with Gasteiger partial charge < -0.3 is 4.74 Å². The van der Waals surface area contributed by atoms with E-state index in [0.717, 1.165) is 24.2 Å². The van der Waals surface area contributed by atoms with Gasteiger partial charge in [-0.3, -0.25) is 0 Å². The highest BCUT2D eigenvalue weighted by Gasteiger charge is 2.27. The van der Waals surface area contributed by atoms with Crippen LogP contribution in [0.15, 0.2) is 18.2 Å². The van der Waals surface area contributed by atoms with Crippen LogP contribution in [0.25, 0.3) is 0 Å². The summed E-state index contributed by atoms with van der Waals surface area (Å²) in [5.74, 6) is 0.731. The van der Waals surface area contributed by atoms with Gasteiger partial charge in [-0.2, -0.15) is 5.11 Å². The minimum absolute atomic E-state index is 0.00402. The van der Waals surface area contributed by atoms with Gasteiger partial charge in [0.05, 0.1) is 0 Å². The fraction of sp³-hybridized carbons (Fsp3) is 0.667. The Hall–Kier alpha value is -1.02. The first-order chi connectivity index (χ1) is 9.14. The average molecular weight is 277 g/mol. The molecule has 0 aliphatic rings. The van der Waals surface area contributed by atoms with Gasteiger partial charge in [0.2, 0.25) is 6.29 Å². The summed E-state index contributed by atoms with van der Waals surface area (Å²) in [4.78, 5) is 0. The molecule has 0 N–H and O–H groups in total. The third-order valence-corrected chi connectivity index (χ3v) is 4.55. The molecule has 1 radical (unpaired) electrons.